The zero-order valence-corrected chi connectivity index (χ0v) is 9.82. The van der Waals surface area contributed by atoms with Gasteiger partial charge in [0, 0.05) is 12.6 Å². The molecule has 0 atom stereocenters. The van der Waals surface area contributed by atoms with Gasteiger partial charge in [-0.15, -0.1) is 0 Å². The summed E-state index contributed by atoms with van der Waals surface area (Å²) < 4.78 is 0. The molecule has 1 heterocycles. The van der Waals surface area contributed by atoms with Gasteiger partial charge in [-0.05, 0) is 43.2 Å². The first-order valence-electron chi connectivity index (χ1n) is 5.78. The standard InChI is InChI=1S/C11H15ClN4/c12-11-14-5-9(13)10(15-11)16(8-3-4-8)6-7-1-2-7/h5,7-8H,1-4,6,13H2. The summed E-state index contributed by atoms with van der Waals surface area (Å²) >= 11 is 5.83. The number of nitrogen functional groups attached to an aromatic ring is 1. The van der Waals surface area contributed by atoms with Gasteiger partial charge in [-0.1, -0.05) is 0 Å². The summed E-state index contributed by atoms with van der Waals surface area (Å²) in [7, 11) is 0. The fourth-order valence-electron chi connectivity index (χ4n) is 1.96. The van der Waals surface area contributed by atoms with Gasteiger partial charge in [0.1, 0.15) is 0 Å². The van der Waals surface area contributed by atoms with Crippen LogP contribution in [-0.4, -0.2) is 22.6 Å². The van der Waals surface area contributed by atoms with Crippen molar-refractivity contribution >= 4 is 23.1 Å². The van der Waals surface area contributed by atoms with Crippen LogP contribution in [0, 0.1) is 5.92 Å². The van der Waals surface area contributed by atoms with Gasteiger partial charge in [-0.3, -0.25) is 0 Å². The van der Waals surface area contributed by atoms with Crippen LogP contribution in [-0.2, 0) is 0 Å². The van der Waals surface area contributed by atoms with Crippen molar-refractivity contribution < 1.29 is 0 Å². The third-order valence-electron chi connectivity index (χ3n) is 3.18. The van der Waals surface area contributed by atoms with Gasteiger partial charge < -0.3 is 10.6 Å². The van der Waals surface area contributed by atoms with E-state index >= 15 is 0 Å². The van der Waals surface area contributed by atoms with Crippen molar-refractivity contribution in [3.05, 3.63) is 11.5 Å². The minimum atomic E-state index is 0.283. The summed E-state index contributed by atoms with van der Waals surface area (Å²) in [6, 6.07) is 0.619. The molecule has 0 radical (unpaired) electrons. The Hall–Kier alpha value is -1.03. The average Bonchev–Trinajstić information content (AvgIpc) is 3.12. The van der Waals surface area contributed by atoms with E-state index in [9.17, 15) is 0 Å². The first-order valence-corrected chi connectivity index (χ1v) is 6.16. The maximum Gasteiger partial charge on any atom is 0.224 e. The molecule has 1 aromatic rings. The van der Waals surface area contributed by atoms with E-state index < -0.39 is 0 Å². The van der Waals surface area contributed by atoms with Crippen LogP contribution in [0.1, 0.15) is 25.7 Å². The molecule has 86 valence electrons. The van der Waals surface area contributed by atoms with E-state index in [1.54, 1.807) is 6.20 Å². The molecule has 1 aromatic heterocycles. The number of hydrogen-bond acceptors (Lipinski definition) is 4. The van der Waals surface area contributed by atoms with Crippen molar-refractivity contribution in [2.24, 2.45) is 5.92 Å². The normalized spacial score (nSPS) is 19.8. The van der Waals surface area contributed by atoms with E-state index in [1.807, 2.05) is 0 Å². The SMILES string of the molecule is Nc1cnc(Cl)nc1N(CC1CC1)C1CC1. The Labute approximate surface area is 99.8 Å². The Morgan fingerprint density at radius 2 is 2.12 bits per heavy atom. The average molecular weight is 239 g/mol. The minimum Gasteiger partial charge on any atom is -0.394 e. The Kier molecular flexibility index (Phi) is 2.39. The maximum absolute atomic E-state index is 5.93. The topological polar surface area (TPSA) is 55.0 Å². The molecule has 0 spiro atoms. The molecule has 4 nitrogen and oxygen atoms in total. The van der Waals surface area contributed by atoms with E-state index in [0.29, 0.717) is 11.7 Å². The molecule has 0 saturated heterocycles. The Balaban J connectivity index is 1.87. The van der Waals surface area contributed by atoms with Gasteiger partial charge in [0.25, 0.3) is 0 Å². The molecule has 0 unspecified atom stereocenters. The van der Waals surface area contributed by atoms with Crippen LogP contribution in [0.25, 0.3) is 0 Å². The molecule has 2 aliphatic carbocycles. The molecule has 2 N–H and O–H groups in total. The van der Waals surface area contributed by atoms with Gasteiger partial charge in [0.05, 0.1) is 11.9 Å². The molecule has 5 heteroatoms. The second kappa shape index (κ2) is 3.77. The van der Waals surface area contributed by atoms with Crippen LogP contribution in [0.15, 0.2) is 6.20 Å². The van der Waals surface area contributed by atoms with Crippen molar-refractivity contribution in [3.8, 4) is 0 Å². The van der Waals surface area contributed by atoms with Crippen molar-refractivity contribution in [3.63, 3.8) is 0 Å². The largest absolute Gasteiger partial charge is 0.394 e. The molecule has 0 aromatic carbocycles. The number of hydrogen-bond donors (Lipinski definition) is 1. The fourth-order valence-corrected chi connectivity index (χ4v) is 2.09. The molecule has 2 saturated carbocycles. The van der Waals surface area contributed by atoms with Gasteiger partial charge >= 0.3 is 0 Å². The number of aromatic nitrogens is 2. The summed E-state index contributed by atoms with van der Waals surface area (Å²) in [5, 5.41) is 0.283. The quantitative estimate of drug-likeness (QED) is 0.817. The zero-order valence-electron chi connectivity index (χ0n) is 9.06. The molecule has 2 fully saturated rings. The Morgan fingerprint density at radius 3 is 2.75 bits per heavy atom. The monoisotopic (exact) mass is 238 g/mol. The number of nitrogens with two attached hydrogens (primary N) is 1. The maximum atomic E-state index is 5.93. The van der Waals surface area contributed by atoms with E-state index in [1.165, 1.54) is 25.7 Å². The van der Waals surface area contributed by atoms with Gasteiger partial charge in [-0.2, -0.15) is 4.98 Å². The number of anilines is 2. The highest BCUT2D eigenvalue weighted by Crippen LogP contribution is 2.38. The smallest absolute Gasteiger partial charge is 0.224 e. The Morgan fingerprint density at radius 1 is 1.38 bits per heavy atom. The molecule has 0 aliphatic heterocycles. The van der Waals surface area contributed by atoms with Crippen LogP contribution in [0.2, 0.25) is 5.28 Å². The molecule has 0 amide bonds. The molecular weight excluding hydrogens is 224 g/mol. The van der Waals surface area contributed by atoms with Crippen LogP contribution >= 0.6 is 11.6 Å². The summed E-state index contributed by atoms with van der Waals surface area (Å²) in [5.41, 5.74) is 6.56. The second-order valence-electron chi connectivity index (χ2n) is 4.74. The lowest BCUT2D eigenvalue weighted by atomic mass is 10.3. The zero-order chi connectivity index (χ0) is 11.1. The van der Waals surface area contributed by atoms with Crippen molar-refractivity contribution in [1.82, 2.24) is 9.97 Å². The first-order chi connectivity index (χ1) is 7.74. The van der Waals surface area contributed by atoms with E-state index in [2.05, 4.69) is 14.9 Å². The predicted molar refractivity (Wildman–Crippen MR) is 64.5 cm³/mol. The third-order valence-corrected chi connectivity index (χ3v) is 3.36. The van der Waals surface area contributed by atoms with E-state index in [0.717, 1.165) is 18.3 Å². The van der Waals surface area contributed by atoms with Crippen LogP contribution in [0.5, 0.6) is 0 Å². The molecule has 2 aliphatic rings. The fraction of sp³-hybridized carbons (Fsp3) is 0.636. The van der Waals surface area contributed by atoms with Gasteiger partial charge in [-0.25, -0.2) is 4.98 Å². The van der Waals surface area contributed by atoms with Gasteiger partial charge in [0.2, 0.25) is 5.28 Å². The first kappa shape index (κ1) is 10.1. The molecule has 16 heavy (non-hydrogen) atoms. The minimum absolute atomic E-state index is 0.283. The lowest BCUT2D eigenvalue weighted by molar-refractivity contribution is 0.709. The van der Waals surface area contributed by atoms with Gasteiger partial charge in [0.15, 0.2) is 5.82 Å². The van der Waals surface area contributed by atoms with Crippen LogP contribution in [0.3, 0.4) is 0 Å². The second-order valence-corrected chi connectivity index (χ2v) is 5.08. The van der Waals surface area contributed by atoms with E-state index in [4.69, 9.17) is 17.3 Å². The Bertz CT molecular complexity index is 401. The summed E-state index contributed by atoms with van der Waals surface area (Å²) in [5.74, 6) is 1.66. The summed E-state index contributed by atoms with van der Waals surface area (Å²) in [6.45, 7) is 1.07. The van der Waals surface area contributed by atoms with Crippen molar-refractivity contribution in [1.29, 1.82) is 0 Å². The lowest BCUT2D eigenvalue weighted by Crippen LogP contribution is -2.29. The van der Waals surface area contributed by atoms with Crippen LogP contribution < -0.4 is 10.6 Å². The lowest BCUT2D eigenvalue weighted by Gasteiger charge is -2.24. The van der Waals surface area contributed by atoms with Crippen LogP contribution in [0.4, 0.5) is 11.5 Å². The molecular formula is C11H15ClN4. The van der Waals surface area contributed by atoms with Crippen molar-refractivity contribution in [2.45, 2.75) is 31.7 Å². The highest BCUT2D eigenvalue weighted by atomic mass is 35.5. The highest BCUT2D eigenvalue weighted by molar-refractivity contribution is 6.28. The number of rotatable bonds is 4. The van der Waals surface area contributed by atoms with E-state index in [-0.39, 0.29) is 5.28 Å². The summed E-state index contributed by atoms with van der Waals surface area (Å²) in [4.78, 5) is 10.5. The highest BCUT2D eigenvalue weighted by Gasteiger charge is 2.35. The molecule has 3 rings (SSSR count). The van der Waals surface area contributed by atoms with Crippen molar-refractivity contribution in [2.75, 3.05) is 17.2 Å². The predicted octanol–water partition coefficient (Wildman–Crippen LogP) is 2.09. The number of halogens is 1. The molecule has 0 bridgehead atoms. The number of nitrogens with zero attached hydrogens (tertiary/aromatic N) is 3. The third kappa shape index (κ3) is 2.07. The summed E-state index contributed by atoms with van der Waals surface area (Å²) in [6.07, 6.45) is 6.76.